The second-order valence-corrected chi connectivity index (χ2v) is 2.90. The minimum absolute atomic E-state index is 0.200. The minimum Gasteiger partial charge on any atom is -0.366 e. The molecule has 1 aliphatic heterocycles. The van der Waals surface area contributed by atoms with E-state index >= 15 is 0 Å². The highest BCUT2D eigenvalue weighted by atomic mass is 19.4. The lowest BCUT2D eigenvalue weighted by atomic mass is 10.3. The standard InChI is InChI=1S/C7H7F3N2O/c1-12-4(5-3-13-5)2-6(11-12)7(8,9)10/h2,5H,3H2,1H3. The third-order valence-electron chi connectivity index (χ3n) is 1.87. The van der Waals surface area contributed by atoms with E-state index in [9.17, 15) is 13.2 Å². The molecule has 1 fully saturated rings. The molecule has 0 spiro atoms. The van der Waals surface area contributed by atoms with E-state index in [4.69, 9.17) is 4.74 Å². The summed E-state index contributed by atoms with van der Waals surface area (Å²) >= 11 is 0. The Kier molecular flexibility index (Phi) is 1.63. The second-order valence-electron chi connectivity index (χ2n) is 2.90. The predicted octanol–water partition coefficient (Wildman–Crippen LogP) is 1.51. The van der Waals surface area contributed by atoms with E-state index < -0.39 is 11.9 Å². The first-order valence-corrected chi connectivity index (χ1v) is 3.71. The summed E-state index contributed by atoms with van der Waals surface area (Å²) in [5.41, 5.74) is -0.382. The van der Waals surface area contributed by atoms with Crippen molar-refractivity contribution in [2.24, 2.45) is 7.05 Å². The van der Waals surface area contributed by atoms with Crippen LogP contribution in [-0.2, 0) is 18.0 Å². The molecule has 6 heteroatoms. The summed E-state index contributed by atoms with van der Waals surface area (Å²) in [4.78, 5) is 0. The van der Waals surface area contributed by atoms with Crippen LogP contribution in [0.4, 0.5) is 13.2 Å². The van der Waals surface area contributed by atoms with Crippen molar-refractivity contribution < 1.29 is 17.9 Å². The van der Waals surface area contributed by atoms with Crippen molar-refractivity contribution in [3.8, 4) is 0 Å². The molecule has 0 aromatic carbocycles. The number of aromatic nitrogens is 2. The zero-order valence-corrected chi connectivity index (χ0v) is 6.80. The summed E-state index contributed by atoms with van der Waals surface area (Å²) in [6.07, 6.45) is -4.57. The molecule has 3 nitrogen and oxygen atoms in total. The van der Waals surface area contributed by atoms with Gasteiger partial charge in [0.05, 0.1) is 12.3 Å². The SMILES string of the molecule is Cn1nc(C(F)(F)F)cc1C1CO1. The van der Waals surface area contributed by atoms with Gasteiger partial charge in [0.1, 0.15) is 6.10 Å². The topological polar surface area (TPSA) is 30.4 Å². The van der Waals surface area contributed by atoms with Gasteiger partial charge in [0.2, 0.25) is 0 Å². The maximum absolute atomic E-state index is 12.1. The van der Waals surface area contributed by atoms with Crippen LogP contribution in [0.3, 0.4) is 0 Å². The van der Waals surface area contributed by atoms with Gasteiger partial charge < -0.3 is 4.74 Å². The molecule has 1 aliphatic rings. The van der Waals surface area contributed by atoms with E-state index in [1.54, 1.807) is 0 Å². The van der Waals surface area contributed by atoms with Crippen LogP contribution in [0.1, 0.15) is 17.5 Å². The van der Waals surface area contributed by atoms with Gasteiger partial charge in [-0.25, -0.2) is 0 Å². The average Bonchev–Trinajstić information content (AvgIpc) is 2.73. The Balaban J connectivity index is 2.34. The molecule has 0 amide bonds. The van der Waals surface area contributed by atoms with Gasteiger partial charge in [-0.05, 0) is 6.07 Å². The monoisotopic (exact) mass is 192 g/mol. The van der Waals surface area contributed by atoms with Crippen molar-refractivity contribution in [1.29, 1.82) is 0 Å². The molecule has 0 bridgehead atoms. The maximum atomic E-state index is 12.1. The van der Waals surface area contributed by atoms with E-state index in [1.807, 2.05) is 0 Å². The van der Waals surface area contributed by atoms with Crippen LogP contribution in [0.25, 0.3) is 0 Å². The number of halogens is 3. The van der Waals surface area contributed by atoms with E-state index in [-0.39, 0.29) is 6.10 Å². The Hall–Kier alpha value is -1.04. The minimum atomic E-state index is -4.37. The molecule has 72 valence electrons. The van der Waals surface area contributed by atoms with Crippen LogP contribution in [0.15, 0.2) is 6.07 Å². The first-order valence-electron chi connectivity index (χ1n) is 3.71. The Morgan fingerprint density at radius 3 is 2.62 bits per heavy atom. The number of rotatable bonds is 1. The molecule has 0 N–H and O–H groups in total. The lowest BCUT2D eigenvalue weighted by Crippen LogP contribution is -2.06. The molecule has 1 saturated heterocycles. The summed E-state index contributed by atoms with van der Waals surface area (Å²) in [5, 5.41) is 3.35. The first kappa shape index (κ1) is 8.55. The molecular formula is C7H7F3N2O. The quantitative estimate of drug-likeness (QED) is 0.631. The number of hydrogen-bond donors (Lipinski definition) is 0. The largest absolute Gasteiger partial charge is 0.435 e. The highest BCUT2D eigenvalue weighted by Gasteiger charge is 2.37. The molecule has 1 aromatic rings. The van der Waals surface area contributed by atoms with Crippen LogP contribution in [-0.4, -0.2) is 16.4 Å². The molecule has 2 rings (SSSR count). The number of nitrogens with zero attached hydrogens (tertiary/aromatic N) is 2. The number of aryl methyl sites for hydroxylation is 1. The number of alkyl halides is 3. The van der Waals surface area contributed by atoms with Crippen LogP contribution in [0.5, 0.6) is 0 Å². The van der Waals surface area contributed by atoms with Gasteiger partial charge in [-0.3, -0.25) is 4.68 Å². The molecule has 13 heavy (non-hydrogen) atoms. The number of ether oxygens (including phenoxy) is 1. The Bertz CT molecular complexity index is 327. The fourth-order valence-electron chi connectivity index (χ4n) is 1.14. The van der Waals surface area contributed by atoms with Gasteiger partial charge in [0.15, 0.2) is 5.69 Å². The van der Waals surface area contributed by atoms with E-state index in [0.29, 0.717) is 12.3 Å². The zero-order chi connectivity index (χ0) is 9.64. The average molecular weight is 192 g/mol. The van der Waals surface area contributed by atoms with Crippen LogP contribution in [0, 0.1) is 0 Å². The fourth-order valence-corrected chi connectivity index (χ4v) is 1.14. The van der Waals surface area contributed by atoms with Gasteiger partial charge in [-0.15, -0.1) is 0 Å². The lowest BCUT2D eigenvalue weighted by Gasteiger charge is -1.99. The van der Waals surface area contributed by atoms with Crippen LogP contribution < -0.4 is 0 Å². The summed E-state index contributed by atoms with van der Waals surface area (Å²) in [7, 11) is 1.48. The van der Waals surface area contributed by atoms with Gasteiger partial charge >= 0.3 is 6.18 Å². The molecule has 0 saturated carbocycles. The lowest BCUT2D eigenvalue weighted by molar-refractivity contribution is -0.141. The van der Waals surface area contributed by atoms with Crippen molar-refractivity contribution in [3.05, 3.63) is 17.5 Å². The summed E-state index contributed by atoms with van der Waals surface area (Å²) in [6.45, 7) is 0.483. The first-order chi connectivity index (χ1) is 5.98. The molecule has 0 radical (unpaired) electrons. The molecular weight excluding hydrogens is 185 g/mol. The van der Waals surface area contributed by atoms with E-state index in [1.165, 1.54) is 11.7 Å². The summed E-state index contributed by atoms with van der Waals surface area (Å²) in [5.74, 6) is 0. The number of epoxide rings is 1. The van der Waals surface area contributed by atoms with Crippen molar-refractivity contribution in [2.75, 3.05) is 6.61 Å². The van der Waals surface area contributed by atoms with Crippen molar-refractivity contribution in [1.82, 2.24) is 9.78 Å². The zero-order valence-electron chi connectivity index (χ0n) is 6.80. The van der Waals surface area contributed by atoms with Crippen molar-refractivity contribution in [2.45, 2.75) is 12.3 Å². The van der Waals surface area contributed by atoms with E-state index in [0.717, 1.165) is 6.07 Å². The third kappa shape index (κ3) is 1.53. The van der Waals surface area contributed by atoms with Crippen LogP contribution in [0.2, 0.25) is 0 Å². The van der Waals surface area contributed by atoms with Gasteiger partial charge in [-0.2, -0.15) is 18.3 Å². The van der Waals surface area contributed by atoms with Crippen molar-refractivity contribution >= 4 is 0 Å². The summed E-state index contributed by atoms with van der Waals surface area (Å²) < 4.78 is 42.5. The normalized spacial score (nSPS) is 22.0. The molecule has 0 aliphatic carbocycles. The predicted molar refractivity (Wildman–Crippen MR) is 36.9 cm³/mol. The van der Waals surface area contributed by atoms with Crippen molar-refractivity contribution in [3.63, 3.8) is 0 Å². The molecule has 1 unspecified atom stereocenters. The summed E-state index contributed by atoms with van der Waals surface area (Å²) in [6, 6.07) is 1.03. The molecule has 1 atom stereocenters. The van der Waals surface area contributed by atoms with Crippen LogP contribution >= 0.6 is 0 Å². The van der Waals surface area contributed by atoms with Gasteiger partial charge in [-0.1, -0.05) is 0 Å². The Morgan fingerprint density at radius 2 is 2.23 bits per heavy atom. The second kappa shape index (κ2) is 2.47. The Morgan fingerprint density at radius 1 is 1.62 bits per heavy atom. The Labute approximate surface area is 72.1 Å². The van der Waals surface area contributed by atoms with Gasteiger partial charge in [0, 0.05) is 7.05 Å². The third-order valence-corrected chi connectivity index (χ3v) is 1.87. The van der Waals surface area contributed by atoms with E-state index in [2.05, 4.69) is 5.10 Å². The maximum Gasteiger partial charge on any atom is 0.435 e. The fraction of sp³-hybridized carbons (Fsp3) is 0.571. The highest BCUT2D eigenvalue weighted by molar-refractivity contribution is 5.17. The molecule has 2 heterocycles. The number of hydrogen-bond acceptors (Lipinski definition) is 2. The molecule has 1 aromatic heterocycles. The smallest absolute Gasteiger partial charge is 0.366 e. The van der Waals surface area contributed by atoms with Gasteiger partial charge in [0.25, 0.3) is 0 Å². The highest BCUT2D eigenvalue weighted by Crippen LogP contribution is 2.34.